The molecule has 2 aromatic carbocycles. The normalized spacial score (nSPS) is 10.7. The van der Waals surface area contributed by atoms with E-state index in [1.807, 2.05) is 54.6 Å². The molecule has 0 amide bonds. The highest BCUT2D eigenvalue weighted by molar-refractivity contribution is 9.10. The fourth-order valence-corrected chi connectivity index (χ4v) is 2.45. The Morgan fingerprint density at radius 2 is 1.80 bits per heavy atom. The summed E-state index contributed by atoms with van der Waals surface area (Å²) in [6.07, 6.45) is 0. The number of fused-ring (bicyclic) bond motifs is 1. The predicted molar refractivity (Wildman–Crippen MR) is 83.9 cm³/mol. The second-order valence-corrected chi connectivity index (χ2v) is 5.23. The quantitative estimate of drug-likeness (QED) is 0.781. The molecule has 0 radical (unpaired) electrons. The fraction of sp³-hybridized carbons (Fsp3) is 0.0625. The van der Waals surface area contributed by atoms with E-state index >= 15 is 0 Å². The molecule has 20 heavy (non-hydrogen) atoms. The van der Waals surface area contributed by atoms with Gasteiger partial charge in [-0.2, -0.15) is 0 Å². The van der Waals surface area contributed by atoms with Crippen LogP contribution in [0.3, 0.4) is 0 Å². The standard InChI is InChI=1S/C16H13BrN2O/c17-13-6-2-4-8-15(13)20-16-9-11(10-18)12-5-1-3-7-14(12)19-16/h1-9H,10,18H2. The van der Waals surface area contributed by atoms with E-state index in [0.29, 0.717) is 12.4 Å². The minimum atomic E-state index is 0.454. The second-order valence-electron chi connectivity index (χ2n) is 4.37. The SMILES string of the molecule is NCc1cc(Oc2ccccc2Br)nc2ccccc12. The van der Waals surface area contributed by atoms with Crippen molar-refractivity contribution in [2.75, 3.05) is 0 Å². The van der Waals surface area contributed by atoms with E-state index in [9.17, 15) is 0 Å². The number of nitrogens with two attached hydrogens (primary N) is 1. The first-order valence-corrected chi connectivity index (χ1v) is 7.08. The van der Waals surface area contributed by atoms with Gasteiger partial charge >= 0.3 is 0 Å². The summed E-state index contributed by atoms with van der Waals surface area (Å²) in [6, 6.07) is 17.5. The summed E-state index contributed by atoms with van der Waals surface area (Å²) in [7, 11) is 0. The Hall–Kier alpha value is -1.91. The van der Waals surface area contributed by atoms with Gasteiger partial charge in [-0.3, -0.25) is 0 Å². The average molecular weight is 329 g/mol. The number of benzene rings is 2. The van der Waals surface area contributed by atoms with Crippen molar-refractivity contribution in [3.8, 4) is 11.6 Å². The van der Waals surface area contributed by atoms with E-state index in [2.05, 4.69) is 20.9 Å². The van der Waals surface area contributed by atoms with Crippen molar-refractivity contribution in [2.45, 2.75) is 6.54 Å². The van der Waals surface area contributed by atoms with Gasteiger partial charge in [-0.25, -0.2) is 4.98 Å². The maximum atomic E-state index is 5.85. The summed E-state index contributed by atoms with van der Waals surface area (Å²) in [5, 5.41) is 1.06. The molecule has 3 aromatic rings. The molecule has 0 spiro atoms. The van der Waals surface area contributed by atoms with Crippen LogP contribution in [0.15, 0.2) is 59.1 Å². The molecule has 1 aromatic heterocycles. The van der Waals surface area contributed by atoms with Gasteiger partial charge in [-0.05, 0) is 39.7 Å². The number of pyridine rings is 1. The van der Waals surface area contributed by atoms with Crippen LogP contribution in [-0.2, 0) is 6.54 Å². The maximum Gasteiger partial charge on any atom is 0.220 e. The first-order valence-electron chi connectivity index (χ1n) is 6.29. The van der Waals surface area contributed by atoms with Crippen LogP contribution in [0.4, 0.5) is 0 Å². The molecule has 0 aliphatic heterocycles. The Bertz CT molecular complexity index is 758. The molecule has 4 heteroatoms. The van der Waals surface area contributed by atoms with Gasteiger partial charge in [0, 0.05) is 18.0 Å². The molecule has 0 atom stereocenters. The molecular formula is C16H13BrN2O. The summed E-state index contributed by atoms with van der Waals surface area (Å²) >= 11 is 3.46. The molecule has 0 fully saturated rings. The number of hydrogen-bond acceptors (Lipinski definition) is 3. The fourth-order valence-electron chi connectivity index (χ4n) is 2.08. The average Bonchev–Trinajstić information content (AvgIpc) is 2.49. The minimum absolute atomic E-state index is 0.454. The number of halogens is 1. The number of hydrogen-bond donors (Lipinski definition) is 1. The van der Waals surface area contributed by atoms with Gasteiger partial charge in [0.05, 0.1) is 9.99 Å². The van der Waals surface area contributed by atoms with Crippen LogP contribution < -0.4 is 10.5 Å². The highest BCUT2D eigenvalue weighted by Gasteiger charge is 2.07. The third-order valence-electron chi connectivity index (χ3n) is 3.05. The number of rotatable bonds is 3. The van der Waals surface area contributed by atoms with Gasteiger partial charge in [0.25, 0.3) is 0 Å². The Morgan fingerprint density at radius 1 is 1.05 bits per heavy atom. The number of ether oxygens (including phenoxy) is 1. The lowest BCUT2D eigenvalue weighted by molar-refractivity contribution is 0.461. The smallest absolute Gasteiger partial charge is 0.220 e. The molecule has 0 saturated heterocycles. The van der Waals surface area contributed by atoms with Crippen molar-refractivity contribution in [2.24, 2.45) is 5.73 Å². The van der Waals surface area contributed by atoms with Crippen molar-refractivity contribution >= 4 is 26.8 Å². The topological polar surface area (TPSA) is 48.1 Å². The van der Waals surface area contributed by atoms with E-state index in [1.165, 1.54) is 0 Å². The largest absolute Gasteiger partial charge is 0.438 e. The summed E-state index contributed by atoms with van der Waals surface area (Å²) in [4.78, 5) is 4.52. The third-order valence-corrected chi connectivity index (χ3v) is 3.70. The second kappa shape index (κ2) is 5.61. The Labute approximate surface area is 125 Å². The van der Waals surface area contributed by atoms with E-state index in [4.69, 9.17) is 10.5 Å². The summed E-state index contributed by atoms with van der Waals surface area (Å²) in [6.45, 7) is 0.454. The van der Waals surface area contributed by atoms with Gasteiger partial charge < -0.3 is 10.5 Å². The first-order chi connectivity index (χ1) is 9.78. The molecule has 0 unspecified atom stereocenters. The van der Waals surface area contributed by atoms with Crippen molar-refractivity contribution in [3.05, 3.63) is 64.6 Å². The molecule has 0 bridgehead atoms. The van der Waals surface area contributed by atoms with Crippen LogP contribution in [0.25, 0.3) is 10.9 Å². The third kappa shape index (κ3) is 2.53. The Morgan fingerprint density at radius 3 is 2.60 bits per heavy atom. The lowest BCUT2D eigenvalue weighted by Gasteiger charge is -2.10. The van der Waals surface area contributed by atoms with Crippen LogP contribution in [-0.4, -0.2) is 4.98 Å². The lowest BCUT2D eigenvalue weighted by atomic mass is 10.1. The molecule has 0 aliphatic rings. The van der Waals surface area contributed by atoms with Crippen LogP contribution >= 0.6 is 15.9 Å². The molecule has 1 heterocycles. The highest BCUT2D eigenvalue weighted by Crippen LogP contribution is 2.30. The zero-order valence-electron chi connectivity index (χ0n) is 10.7. The van der Waals surface area contributed by atoms with Crippen molar-refractivity contribution in [1.29, 1.82) is 0 Å². The van der Waals surface area contributed by atoms with Crippen molar-refractivity contribution in [3.63, 3.8) is 0 Å². The van der Waals surface area contributed by atoms with E-state index in [1.54, 1.807) is 0 Å². The van der Waals surface area contributed by atoms with Crippen molar-refractivity contribution < 1.29 is 4.74 Å². The van der Waals surface area contributed by atoms with E-state index in [-0.39, 0.29) is 0 Å². The lowest BCUT2D eigenvalue weighted by Crippen LogP contribution is -2.00. The molecule has 3 nitrogen and oxygen atoms in total. The summed E-state index contributed by atoms with van der Waals surface area (Å²) in [5.41, 5.74) is 7.73. The summed E-state index contributed by atoms with van der Waals surface area (Å²) in [5.74, 6) is 1.29. The summed E-state index contributed by atoms with van der Waals surface area (Å²) < 4.78 is 6.74. The molecular weight excluding hydrogens is 316 g/mol. The van der Waals surface area contributed by atoms with Gasteiger partial charge in [-0.1, -0.05) is 30.3 Å². The Kier molecular flexibility index (Phi) is 3.67. The maximum absolute atomic E-state index is 5.85. The monoisotopic (exact) mass is 328 g/mol. The highest BCUT2D eigenvalue weighted by atomic mass is 79.9. The van der Waals surface area contributed by atoms with Crippen LogP contribution in [0, 0.1) is 0 Å². The molecule has 3 rings (SSSR count). The number of para-hydroxylation sites is 2. The van der Waals surface area contributed by atoms with Gasteiger partial charge in [0.1, 0.15) is 5.75 Å². The number of nitrogens with zero attached hydrogens (tertiary/aromatic N) is 1. The van der Waals surface area contributed by atoms with Gasteiger partial charge in [0.2, 0.25) is 5.88 Å². The zero-order valence-corrected chi connectivity index (χ0v) is 12.3. The van der Waals surface area contributed by atoms with E-state index < -0.39 is 0 Å². The van der Waals surface area contributed by atoms with Crippen LogP contribution in [0.2, 0.25) is 0 Å². The van der Waals surface area contributed by atoms with Gasteiger partial charge in [0.15, 0.2) is 0 Å². The zero-order chi connectivity index (χ0) is 13.9. The minimum Gasteiger partial charge on any atom is -0.438 e. The van der Waals surface area contributed by atoms with Crippen LogP contribution in [0.5, 0.6) is 11.6 Å². The predicted octanol–water partition coefficient (Wildman–Crippen LogP) is 4.25. The first kappa shape index (κ1) is 13.1. The van der Waals surface area contributed by atoms with Crippen LogP contribution in [0.1, 0.15) is 5.56 Å². The molecule has 100 valence electrons. The van der Waals surface area contributed by atoms with E-state index in [0.717, 1.165) is 26.7 Å². The molecule has 0 aliphatic carbocycles. The van der Waals surface area contributed by atoms with Gasteiger partial charge in [-0.15, -0.1) is 0 Å². The van der Waals surface area contributed by atoms with Crippen molar-refractivity contribution in [1.82, 2.24) is 4.98 Å². The molecule has 0 saturated carbocycles. The Balaban J connectivity index is 2.06. The number of aromatic nitrogens is 1. The molecule has 2 N–H and O–H groups in total.